The number of carbonyl (C=O) groups is 1. The molecular weight excluding hydrogens is 302 g/mol. The fraction of sp³-hybridized carbons (Fsp3) is 0.684. The number of nitrogens with zero attached hydrogens (tertiary/aromatic N) is 3. The number of hydrogen-bond acceptors (Lipinski definition) is 4. The Balaban J connectivity index is 1.60. The van der Waals surface area contributed by atoms with E-state index in [1.165, 1.54) is 32.1 Å². The second-order valence-electron chi connectivity index (χ2n) is 7.13. The van der Waals surface area contributed by atoms with Crippen molar-refractivity contribution in [3.05, 3.63) is 30.1 Å². The second kappa shape index (κ2) is 8.08. The maximum atomic E-state index is 12.1. The Kier molecular flexibility index (Phi) is 5.85. The summed E-state index contributed by atoms with van der Waals surface area (Å²) in [7, 11) is 1.76. The first-order valence-electron chi connectivity index (χ1n) is 9.10. The van der Waals surface area contributed by atoms with E-state index in [0.717, 1.165) is 24.2 Å². The molecule has 0 N–H and O–H groups in total. The van der Waals surface area contributed by atoms with E-state index < -0.39 is 0 Å². The van der Waals surface area contributed by atoms with Crippen LogP contribution in [0.4, 0.5) is 0 Å². The molecule has 5 heteroatoms. The average Bonchev–Trinajstić information content (AvgIpc) is 2.81. The van der Waals surface area contributed by atoms with Crippen LogP contribution in [0.2, 0.25) is 0 Å². The van der Waals surface area contributed by atoms with Gasteiger partial charge in [0.1, 0.15) is 0 Å². The summed E-state index contributed by atoms with van der Waals surface area (Å²) in [5, 5.41) is 0. The standard InChI is InChI=1S/C19H29N3O2/c1-15(23)21(12-16-5-4-10-20-11-16)13-19(24-2)14-22-17-6-3-7-18(22)9-8-17/h4-5,10-11,17-19H,3,6-9,12-14H2,1-2H3/t17-,18+,19?. The number of rotatable bonds is 7. The van der Waals surface area contributed by atoms with Gasteiger partial charge in [-0.1, -0.05) is 12.5 Å². The Morgan fingerprint density at radius 3 is 2.71 bits per heavy atom. The second-order valence-corrected chi connectivity index (χ2v) is 7.13. The number of amides is 1. The molecule has 3 heterocycles. The zero-order chi connectivity index (χ0) is 16.9. The molecule has 1 amide bonds. The van der Waals surface area contributed by atoms with Crippen molar-refractivity contribution >= 4 is 5.91 Å². The minimum absolute atomic E-state index is 0.0618. The van der Waals surface area contributed by atoms with Crippen molar-refractivity contribution in [1.29, 1.82) is 0 Å². The molecule has 24 heavy (non-hydrogen) atoms. The van der Waals surface area contributed by atoms with Crippen LogP contribution in [0.15, 0.2) is 24.5 Å². The topological polar surface area (TPSA) is 45.7 Å². The lowest BCUT2D eigenvalue weighted by molar-refractivity contribution is -0.131. The Labute approximate surface area is 145 Å². The van der Waals surface area contributed by atoms with E-state index in [1.807, 2.05) is 23.2 Å². The van der Waals surface area contributed by atoms with Crippen molar-refractivity contribution in [3.63, 3.8) is 0 Å². The smallest absolute Gasteiger partial charge is 0.219 e. The maximum absolute atomic E-state index is 12.1. The number of ether oxygens (including phenoxy) is 1. The minimum Gasteiger partial charge on any atom is -0.378 e. The molecule has 2 fully saturated rings. The highest BCUT2D eigenvalue weighted by molar-refractivity contribution is 5.73. The third-order valence-corrected chi connectivity index (χ3v) is 5.56. The molecule has 2 aliphatic heterocycles. The molecule has 2 aliphatic rings. The fourth-order valence-corrected chi connectivity index (χ4v) is 4.23. The number of piperidine rings is 1. The van der Waals surface area contributed by atoms with Gasteiger partial charge in [-0.15, -0.1) is 0 Å². The van der Waals surface area contributed by atoms with Gasteiger partial charge in [0, 0.05) is 58.1 Å². The molecule has 1 unspecified atom stereocenters. The molecule has 2 saturated heterocycles. The lowest BCUT2D eigenvalue weighted by atomic mass is 10.0. The number of methoxy groups -OCH3 is 1. The Hall–Kier alpha value is -1.46. The van der Waals surface area contributed by atoms with E-state index in [0.29, 0.717) is 13.1 Å². The molecule has 1 aromatic heterocycles. The molecule has 1 aromatic rings. The van der Waals surface area contributed by atoms with Crippen LogP contribution in [-0.2, 0) is 16.1 Å². The van der Waals surface area contributed by atoms with Crippen molar-refractivity contribution in [3.8, 4) is 0 Å². The number of hydrogen-bond donors (Lipinski definition) is 0. The number of pyridine rings is 1. The number of aromatic nitrogens is 1. The lowest BCUT2D eigenvalue weighted by Crippen LogP contribution is -2.48. The summed E-state index contributed by atoms with van der Waals surface area (Å²) in [5.74, 6) is 0.0857. The Morgan fingerprint density at radius 1 is 1.38 bits per heavy atom. The van der Waals surface area contributed by atoms with Crippen molar-refractivity contribution < 1.29 is 9.53 Å². The SMILES string of the molecule is COC(CN(Cc1cccnc1)C(C)=O)CN1[C@@H]2CCC[C@H]1CC2. The summed E-state index contributed by atoms with van der Waals surface area (Å²) in [6, 6.07) is 5.37. The van der Waals surface area contributed by atoms with Gasteiger partial charge in [0.25, 0.3) is 0 Å². The van der Waals surface area contributed by atoms with Gasteiger partial charge in [-0.25, -0.2) is 0 Å². The summed E-state index contributed by atoms with van der Waals surface area (Å²) in [6.45, 7) is 3.79. The molecule has 2 bridgehead atoms. The van der Waals surface area contributed by atoms with Crippen molar-refractivity contribution in [1.82, 2.24) is 14.8 Å². The summed E-state index contributed by atoms with van der Waals surface area (Å²) in [4.78, 5) is 20.7. The van der Waals surface area contributed by atoms with Crippen molar-refractivity contribution in [2.45, 2.75) is 63.8 Å². The van der Waals surface area contributed by atoms with Gasteiger partial charge in [0.2, 0.25) is 5.91 Å². The predicted molar refractivity (Wildman–Crippen MR) is 93.5 cm³/mol. The summed E-state index contributed by atoms with van der Waals surface area (Å²) in [5.41, 5.74) is 1.06. The van der Waals surface area contributed by atoms with E-state index in [-0.39, 0.29) is 12.0 Å². The Morgan fingerprint density at radius 2 is 2.12 bits per heavy atom. The third kappa shape index (κ3) is 4.14. The van der Waals surface area contributed by atoms with Crippen LogP contribution in [0.1, 0.15) is 44.6 Å². The first kappa shape index (κ1) is 17.4. The summed E-state index contributed by atoms with van der Waals surface area (Å²) >= 11 is 0. The van der Waals surface area contributed by atoms with Gasteiger partial charge < -0.3 is 9.64 Å². The van der Waals surface area contributed by atoms with Gasteiger partial charge in [-0.05, 0) is 37.3 Å². The van der Waals surface area contributed by atoms with Crippen LogP contribution >= 0.6 is 0 Å². The van der Waals surface area contributed by atoms with E-state index in [4.69, 9.17) is 4.74 Å². The Bertz CT molecular complexity index is 521. The zero-order valence-corrected chi connectivity index (χ0v) is 14.9. The maximum Gasteiger partial charge on any atom is 0.219 e. The van der Waals surface area contributed by atoms with Crippen LogP contribution < -0.4 is 0 Å². The van der Waals surface area contributed by atoms with Crippen LogP contribution in [0.25, 0.3) is 0 Å². The lowest BCUT2D eigenvalue weighted by Gasteiger charge is -2.37. The van der Waals surface area contributed by atoms with E-state index in [1.54, 1.807) is 20.2 Å². The van der Waals surface area contributed by atoms with E-state index in [9.17, 15) is 4.79 Å². The monoisotopic (exact) mass is 331 g/mol. The molecular formula is C19H29N3O2. The number of carbonyl (C=O) groups excluding carboxylic acids is 1. The average molecular weight is 331 g/mol. The van der Waals surface area contributed by atoms with Gasteiger partial charge in [0.05, 0.1) is 6.10 Å². The highest BCUT2D eigenvalue weighted by Gasteiger charge is 2.37. The van der Waals surface area contributed by atoms with Crippen LogP contribution in [0.5, 0.6) is 0 Å². The van der Waals surface area contributed by atoms with Gasteiger partial charge in [-0.2, -0.15) is 0 Å². The van der Waals surface area contributed by atoms with E-state index in [2.05, 4.69) is 9.88 Å². The first-order valence-corrected chi connectivity index (χ1v) is 9.10. The third-order valence-electron chi connectivity index (χ3n) is 5.56. The van der Waals surface area contributed by atoms with E-state index >= 15 is 0 Å². The van der Waals surface area contributed by atoms with Crippen LogP contribution in [0.3, 0.4) is 0 Å². The fourth-order valence-electron chi connectivity index (χ4n) is 4.23. The molecule has 5 nitrogen and oxygen atoms in total. The summed E-state index contributed by atoms with van der Waals surface area (Å²) < 4.78 is 5.74. The molecule has 0 aliphatic carbocycles. The van der Waals surface area contributed by atoms with Gasteiger partial charge in [-0.3, -0.25) is 14.7 Å². The van der Waals surface area contributed by atoms with Gasteiger partial charge in [0.15, 0.2) is 0 Å². The highest BCUT2D eigenvalue weighted by Crippen LogP contribution is 2.35. The molecule has 0 saturated carbocycles. The van der Waals surface area contributed by atoms with Crippen LogP contribution in [0, 0.1) is 0 Å². The van der Waals surface area contributed by atoms with Crippen LogP contribution in [-0.4, -0.2) is 59.1 Å². The zero-order valence-electron chi connectivity index (χ0n) is 14.9. The molecule has 3 atom stereocenters. The molecule has 3 rings (SSSR count). The first-order chi connectivity index (χ1) is 11.7. The molecule has 132 valence electrons. The molecule has 0 aromatic carbocycles. The van der Waals surface area contributed by atoms with Crippen molar-refractivity contribution in [2.24, 2.45) is 0 Å². The van der Waals surface area contributed by atoms with Crippen molar-refractivity contribution in [2.75, 3.05) is 20.2 Å². The molecule has 0 spiro atoms. The minimum atomic E-state index is 0.0618. The predicted octanol–water partition coefficient (Wildman–Crippen LogP) is 2.46. The normalized spacial score (nSPS) is 24.8. The summed E-state index contributed by atoms with van der Waals surface area (Å²) in [6.07, 6.45) is 10.3. The van der Waals surface area contributed by atoms with Gasteiger partial charge >= 0.3 is 0 Å². The highest BCUT2D eigenvalue weighted by atomic mass is 16.5. The largest absolute Gasteiger partial charge is 0.378 e. The quantitative estimate of drug-likeness (QED) is 0.770. The molecule has 0 radical (unpaired) electrons. The number of fused-ring (bicyclic) bond motifs is 2.